The second-order valence-corrected chi connectivity index (χ2v) is 10.5. The number of nitrogens with one attached hydrogen (secondary N) is 2. The van der Waals surface area contributed by atoms with Crippen LogP contribution in [0.4, 0.5) is 14.9 Å². The molecular formula is C22H32FN5O4S. The number of aryl methyl sites for hydroxylation is 1. The van der Waals surface area contributed by atoms with Crippen molar-refractivity contribution in [2.75, 3.05) is 12.4 Å². The number of rotatable bonds is 7. The zero-order chi connectivity index (χ0) is 25.2. The van der Waals surface area contributed by atoms with Crippen LogP contribution in [0.2, 0.25) is 0 Å². The molecule has 0 atom stereocenters. The van der Waals surface area contributed by atoms with Gasteiger partial charge in [0.2, 0.25) is 0 Å². The van der Waals surface area contributed by atoms with E-state index in [1.807, 2.05) is 46.3 Å². The number of anilines is 1. The second kappa shape index (κ2) is 9.90. The average molecular weight is 482 g/mol. The highest BCUT2D eigenvalue weighted by atomic mass is 32.2. The zero-order valence-corrected chi connectivity index (χ0v) is 21.0. The lowest BCUT2D eigenvalue weighted by atomic mass is 9.92. The van der Waals surface area contributed by atoms with Gasteiger partial charge < -0.3 is 10.2 Å². The Morgan fingerprint density at radius 2 is 1.55 bits per heavy atom. The van der Waals surface area contributed by atoms with E-state index in [2.05, 4.69) is 10.4 Å². The molecule has 33 heavy (non-hydrogen) atoms. The summed E-state index contributed by atoms with van der Waals surface area (Å²) in [5.74, 6) is -1.07. The molecule has 9 nitrogen and oxygen atoms in total. The summed E-state index contributed by atoms with van der Waals surface area (Å²) in [6, 6.07) is 2.65. The third-order valence-corrected chi connectivity index (χ3v) is 6.52. The highest BCUT2D eigenvalue weighted by Crippen LogP contribution is 2.33. The molecule has 0 radical (unpaired) electrons. The van der Waals surface area contributed by atoms with Gasteiger partial charge in [0.05, 0.1) is 0 Å². The predicted molar refractivity (Wildman–Crippen MR) is 124 cm³/mol. The van der Waals surface area contributed by atoms with Crippen LogP contribution in [-0.4, -0.2) is 48.1 Å². The maximum atomic E-state index is 14.1. The van der Waals surface area contributed by atoms with E-state index in [0.29, 0.717) is 16.8 Å². The molecule has 1 aromatic carbocycles. The molecule has 0 saturated heterocycles. The Kier molecular flexibility index (Phi) is 7.89. The molecule has 0 fully saturated rings. The molecular weight excluding hydrogens is 449 g/mol. The topological polar surface area (TPSA) is 113 Å². The highest BCUT2D eigenvalue weighted by Gasteiger charge is 2.27. The Bertz CT molecular complexity index is 1130. The van der Waals surface area contributed by atoms with Crippen LogP contribution in [0.15, 0.2) is 23.2 Å². The van der Waals surface area contributed by atoms with E-state index in [1.54, 1.807) is 7.05 Å². The number of amides is 3. The Balaban J connectivity index is 2.34. The number of carbonyl (C=O) groups is 2. The van der Waals surface area contributed by atoms with Crippen molar-refractivity contribution in [3.8, 4) is 0 Å². The van der Waals surface area contributed by atoms with Gasteiger partial charge in [-0.1, -0.05) is 27.7 Å². The normalized spacial score (nSPS) is 11.9. The number of hydrogen-bond donors (Lipinski definition) is 2. The average Bonchev–Trinajstić information content (AvgIpc) is 3.09. The first-order valence-electron chi connectivity index (χ1n) is 10.6. The number of aromatic nitrogens is 2. The predicted octanol–water partition coefficient (Wildman–Crippen LogP) is 3.80. The van der Waals surface area contributed by atoms with Crippen molar-refractivity contribution in [1.29, 1.82) is 0 Å². The summed E-state index contributed by atoms with van der Waals surface area (Å²) >= 11 is 0. The van der Waals surface area contributed by atoms with E-state index in [-0.39, 0.29) is 23.6 Å². The third-order valence-electron chi connectivity index (χ3n) is 5.32. The van der Waals surface area contributed by atoms with E-state index in [1.165, 1.54) is 24.1 Å². The molecule has 1 aromatic heterocycles. The van der Waals surface area contributed by atoms with Crippen LogP contribution in [0.3, 0.4) is 0 Å². The zero-order valence-electron chi connectivity index (χ0n) is 20.2. The Morgan fingerprint density at radius 1 is 1.03 bits per heavy atom. The smallest absolute Gasteiger partial charge is 0.333 e. The third kappa shape index (κ3) is 5.89. The van der Waals surface area contributed by atoms with E-state index in [0.717, 1.165) is 10.7 Å². The summed E-state index contributed by atoms with van der Waals surface area (Å²) in [4.78, 5) is 26.7. The second-order valence-electron chi connectivity index (χ2n) is 8.83. The number of nitrogens with zero attached hydrogens (tertiary/aromatic N) is 3. The van der Waals surface area contributed by atoms with Gasteiger partial charge in [-0.15, -0.1) is 0 Å². The minimum Gasteiger partial charge on any atom is -0.338 e. The van der Waals surface area contributed by atoms with Crippen molar-refractivity contribution in [2.45, 2.75) is 64.4 Å². The van der Waals surface area contributed by atoms with Crippen LogP contribution in [0.1, 0.15) is 75.0 Å². The first-order valence-corrected chi connectivity index (χ1v) is 12.1. The molecule has 2 aromatic rings. The molecule has 1 heterocycles. The van der Waals surface area contributed by atoms with Gasteiger partial charge in [0.15, 0.2) is 5.03 Å². The van der Waals surface area contributed by atoms with Crippen LogP contribution in [-0.2, 0) is 17.1 Å². The molecule has 0 saturated carbocycles. The van der Waals surface area contributed by atoms with Crippen molar-refractivity contribution in [1.82, 2.24) is 19.4 Å². The maximum Gasteiger partial charge on any atom is 0.333 e. The van der Waals surface area contributed by atoms with E-state index in [4.69, 9.17) is 0 Å². The monoisotopic (exact) mass is 481 g/mol. The lowest BCUT2D eigenvalue weighted by Gasteiger charge is -2.21. The van der Waals surface area contributed by atoms with Crippen LogP contribution in [0.25, 0.3) is 0 Å². The van der Waals surface area contributed by atoms with Crippen molar-refractivity contribution in [3.05, 3.63) is 40.8 Å². The number of urea groups is 1. The quantitative estimate of drug-likeness (QED) is 0.625. The molecule has 0 spiro atoms. The number of carbonyl (C=O) groups excluding carboxylic acids is 2. The van der Waals surface area contributed by atoms with Gasteiger partial charge in [-0.2, -0.15) is 13.5 Å². The van der Waals surface area contributed by atoms with Crippen molar-refractivity contribution >= 4 is 27.6 Å². The minimum atomic E-state index is -4.37. The lowest BCUT2D eigenvalue weighted by Crippen LogP contribution is -2.35. The van der Waals surface area contributed by atoms with Gasteiger partial charge in [-0.3, -0.25) is 9.48 Å². The number of hydrogen-bond acceptors (Lipinski definition) is 5. The first kappa shape index (κ1) is 26.3. The number of benzene rings is 1. The van der Waals surface area contributed by atoms with E-state index < -0.39 is 32.8 Å². The largest absolute Gasteiger partial charge is 0.338 e. The van der Waals surface area contributed by atoms with Gasteiger partial charge in [-0.25, -0.2) is 13.9 Å². The summed E-state index contributed by atoms with van der Waals surface area (Å²) in [7, 11) is -1.33. The van der Waals surface area contributed by atoms with Crippen molar-refractivity contribution in [2.24, 2.45) is 7.05 Å². The van der Waals surface area contributed by atoms with Crippen LogP contribution >= 0.6 is 0 Å². The number of halogens is 1. The van der Waals surface area contributed by atoms with Crippen molar-refractivity contribution < 1.29 is 22.4 Å². The fourth-order valence-corrected chi connectivity index (χ4v) is 4.10. The van der Waals surface area contributed by atoms with Gasteiger partial charge in [0.1, 0.15) is 11.5 Å². The molecule has 0 bridgehead atoms. The maximum absolute atomic E-state index is 14.1. The fourth-order valence-electron chi connectivity index (χ4n) is 3.21. The Morgan fingerprint density at radius 3 is 2.00 bits per heavy atom. The molecule has 182 valence electrons. The molecule has 0 unspecified atom stereocenters. The van der Waals surface area contributed by atoms with E-state index >= 15 is 0 Å². The van der Waals surface area contributed by atoms with Crippen molar-refractivity contribution in [3.63, 3.8) is 0 Å². The summed E-state index contributed by atoms with van der Waals surface area (Å²) < 4.78 is 42.8. The van der Waals surface area contributed by atoms with Crippen LogP contribution in [0.5, 0.6) is 0 Å². The summed E-state index contributed by atoms with van der Waals surface area (Å²) in [6.07, 6.45) is 0. The summed E-state index contributed by atoms with van der Waals surface area (Å²) in [5, 5.41) is 6.00. The fraction of sp³-hybridized carbons (Fsp3) is 0.500. The molecule has 2 rings (SSSR count). The molecule has 3 amide bonds. The van der Waals surface area contributed by atoms with Gasteiger partial charge in [0.25, 0.3) is 15.9 Å². The molecule has 0 aliphatic carbocycles. The highest BCUT2D eigenvalue weighted by molar-refractivity contribution is 7.90. The molecule has 2 N–H and O–H groups in total. The van der Waals surface area contributed by atoms with Gasteiger partial charge in [0, 0.05) is 31.9 Å². The summed E-state index contributed by atoms with van der Waals surface area (Å²) in [6.45, 7) is 11.0. The van der Waals surface area contributed by atoms with Crippen LogP contribution < -0.4 is 10.0 Å². The van der Waals surface area contributed by atoms with Gasteiger partial charge in [-0.05, 0) is 48.9 Å². The molecule has 0 aliphatic rings. The van der Waals surface area contributed by atoms with Gasteiger partial charge >= 0.3 is 6.03 Å². The minimum absolute atomic E-state index is 0.0645. The standard InChI is InChI=1S/C22H32FN5O4S/c1-12(2)16-9-15(23)10-17(13(3)4)20(16)24-22(30)26-33(31,32)19-11-18(28(8)25-19)21(29)27(7)14(5)6/h9-14H,1-8H3,(H2,24,26,30). The summed E-state index contributed by atoms with van der Waals surface area (Å²) in [5.41, 5.74) is 1.53. The Labute approximate surface area is 194 Å². The number of sulfonamides is 1. The first-order chi connectivity index (χ1) is 15.2. The van der Waals surface area contributed by atoms with E-state index in [9.17, 15) is 22.4 Å². The van der Waals surface area contributed by atoms with Crippen LogP contribution in [0, 0.1) is 5.82 Å². The molecule has 0 aliphatic heterocycles. The lowest BCUT2D eigenvalue weighted by molar-refractivity contribution is 0.0744. The Hall–Kier alpha value is -2.95. The SMILES string of the molecule is CC(C)c1cc(F)cc(C(C)C)c1NC(=O)NS(=O)(=O)c1cc(C(=O)N(C)C(C)C)n(C)n1. The molecule has 11 heteroatoms.